The molecule has 8 rings (SSSR count). The van der Waals surface area contributed by atoms with E-state index in [1.807, 2.05) is 0 Å². The van der Waals surface area contributed by atoms with Gasteiger partial charge >= 0.3 is 0 Å². The molecule has 0 N–H and O–H groups in total. The van der Waals surface area contributed by atoms with Gasteiger partial charge in [0.25, 0.3) is 0 Å². The molecule has 0 spiro atoms. The summed E-state index contributed by atoms with van der Waals surface area (Å²) in [7, 11) is 0. The minimum Gasteiger partial charge on any atom is -0.0619 e. The molecular formula is C36H26. The van der Waals surface area contributed by atoms with Gasteiger partial charge in [0.2, 0.25) is 0 Å². The topological polar surface area (TPSA) is 0 Å². The summed E-state index contributed by atoms with van der Waals surface area (Å²) >= 11 is 0. The smallest absolute Gasteiger partial charge is 0.0311 e. The molecule has 3 aliphatic rings. The van der Waals surface area contributed by atoms with Gasteiger partial charge in [-0.2, -0.15) is 0 Å². The van der Waals surface area contributed by atoms with Gasteiger partial charge < -0.3 is 0 Å². The zero-order valence-electron chi connectivity index (χ0n) is 20.4. The van der Waals surface area contributed by atoms with Crippen molar-refractivity contribution in [2.24, 2.45) is 0 Å². The second-order valence-electron chi connectivity index (χ2n) is 10.3. The molecule has 0 bridgehead atoms. The van der Waals surface area contributed by atoms with Crippen LogP contribution in [0.2, 0.25) is 0 Å². The van der Waals surface area contributed by atoms with Crippen molar-refractivity contribution in [1.82, 2.24) is 0 Å². The molecule has 0 radical (unpaired) electrons. The molecule has 0 aromatic heterocycles. The Hall–Kier alpha value is -4.16. The fraction of sp³-hybridized carbons (Fsp3) is 0.111. The van der Waals surface area contributed by atoms with Crippen molar-refractivity contribution in [2.45, 2.75) is 25.7 Å². The second-order valence-corrected chi connectivity index (χ2v) is 10.3. The maximum absolute atomic E-state index is 2.50. The number of rotatable bonds is 3. The van der Waals surface area contributed by atoms with E-state index in [-0.39, 0.29) is 0 Å². The lowest BCUT2D eigenvalue weighted by Gasteiger charge is -2.21. The highest BCUT2D eigenvalue weighted by Crippen LogP contribution is 2.50. The molecule has 1 atom stereocenters. The molecule has 0 nitrogen and oxygen atoms in total. The van der Waals surface area contributed by atoms with E-state index < -0.39 is 0 Å². The second kappa shape index (κ2) is 7.42. The monoisotopic (exact) mass is 458 g/mol. The largest absolute Gasteiger partial charge is 0.0619 e. The SMILES string of the molecule is CCC1=Cc2c(-c3ccc4c5c(cccc35)C=C4)cccc2C1c1cccc2c1Cc1ccccc1-2. The fourth-order valence-electron chi connectivity index (χ4n) is 6.98. The molecule has 0 amide bonds. The minimum absolute atomic E-state index is 0.327. The Balaban J connectivity index is 1.33. The number of hydrogen-bond donors (Lipinski definition) is 0. The first kappa shape index (κ1) is 20.1. The normalized spacial score (nSPS) is 16.2. The van der Waals surface area contributed by atoms with E-state index in [0.29, 0.717) is 5.92 Å². The zero-order valence-corrected chi connectivity index (χ0v) is 20.4. The first-order valence-electron chi connectivity index (χ1n) is 13.1. The molecule has 5 aromatic carbocycles. The van der Waals surface area contributed by atoms with Crippen LogP contribution < -0.4 is 0 Å². The molecule has 0 heteroatoms. The van der Waals surface area contributed by atoms with E-state index in [4.69, 9.17) is 0 Å². The van der Waals surface area contributed by atoms with Crippen molar-refractivity contribution in [3.8, 4) is 22.3 Å². The molecule has 170 valence electrons. The van der Waals surface area contributed by atoms with E-state index >= 15 is 0 Å². The predicted molar refractivity (Wildman–Crippen MR) is 153 cm³/mol. The highest BCUT2D eigenvalue weighted by molar-refractivity contribution is 6.11. The summed E-state index contributed by atoms with van der Waals surface area (Å²) in [6.07, 6.45) is 9.08. The van der Waals surface area contributed by atoms with Crippen LogP contribution in [0.3, 0.4) is 0 Å². The quantitative estimate of drug-likeness (QED) is 0.247. The van der Waals surface area contributed by atoms with Crippen LogP contribution in [0.5, 0.6) is 0 Å². The van der Waals surface area contributed by atoms with Gasteiger partial charge in [0.15, 0.2) is 0 Å². The van der Waals surface area contributed by atoms with Crippen LogP contribution in [0.4, 0.5) is 0 Å². The summed E-state index contributed by atoms with van der Waals surface area (Å²) in [6.45, 7) is 2.31. The zero-order chi connectivity index (χ0) is 23.8. The van der Waals surface area contributed by atoms with Gasteiger partial charge in [0.1, 0.15) is 0 Å². The number of benzene rings is 5. The first-order valence-corrected chi connectivity index (χ1v) is 13.1. The number of allylic oxidation sites excluding steroid dienone is 1. The third kappa shape index (κ3) is 2.65. The summed E-state index contributed by atoms with van der Waals surface area (Å²) < 4.78 is 0. The molecule has 0 heterocycles. The molecule has 0 aliphatic heterocycles. The van der Waals surface area contributed by atoms with Crippen LogP contribution in [-0.4, -0.2) is 0 Å². The Morgan fingerprint density at radius 2 is 1.39 bits per heavy atom. The van der Waals surface area contributed by atoms with Crippen LogP contribution in [0.1, 0.15) is 58.2 Å². The summed E-state index contributed by atoms with van der Waals surface area (Å²) in [5.41, 5.74) is 17.0. The molecule has 3 aliphatic carbocycles. The minimum atomic E-state index is 0.327. The summed E-state index contributed by atoms with van der Waals surface area (Å²) in [4.78, 5) is 0. The average Bonchev–Trinajstić information content (AvgIpc) is 3.63. The van der Waals surface area contributed by atoms with Crippen LogP contribution in [0.25, 0.3) is 51.3 Å². The van der Waals surface area contributed by atoms with Gasteiger partial charge in [-0.05, 0) is 84.8 Å². The molecule has 36 heavy (non-hydrogen) atoms. The molecule has 0 saturated carbocycles. The van der Waals surface area contributed by atoms with Gasteiger partial charge in [-0.15, -0.1) is 0 Å². The third-order valence-corrected chi connectivity index (χ3v) is 8.60. The van der Waals surface area contributed by atoms with Gasteiger partial charge in [-0.1, -0.05) is 122 Å². The Bertz CT molecular complexity index is 1780. The Morgan fingerprint density at radius 1 is 0.639 bits per heavy atom. The lowest BCUT2D eigenvalue weighted by Crippen LogP contribution is -2.05. The average molecular weight is 459 g/mol. The van der Waals surface area contributed by atoms with E-state index in [2.05, 4.69) is 116 Å². The lowest BCUT2D eigenvalue weighted by molar-refractivity contribution is 0.895. The molecule has 0 saturated heterocycles. The van der Waals surface area contributed by atoms with Crippen LogP contribution in [-0.2, 0) is 6.42 Å². The van der Waals surface area contributed by atoms with Crippen LogP contribution >= 0.6 is 0 Å². The van der Waals surface area contributed by atoms with Crippen LogP contribution in [0, 0.1) is 0 Å². The maximum Gasteiger partial charge on any atom is 0.0311 e. The van der Waals surface area contributed by atoms with Gasteiger partial charge in [-0.25, -0.2) is 0 Å². The standard InChI is InChI=1S/C36H26/c1-2-22-20-33-28(29-19-18-24-17-16-23-9-5-13-30(29)35(23)24)12-7-15-31(33)36(22)32-14-6-11-27-26-10-4-3-8-25(26)21-34(27)32/h3-20,36H,2,21H2,1H3. The van der Waals surface area contributed by atoms with Crippen molar-refractivity contribution in [3.05, 3.63) is 136 Å². The van der Waals surface area contributed by atoms with E-state index in [1.54, 1.807) is 0 Å². The van der Waals surface area contributed by atoms with Gasteiger partial charge in [-0.3, -0.25) is 0 Å². The number of hydrogen-bond acceptors (Lipinski definition) is 0. The molecular weight excluding hydrogens is 432 g/mol. The fourth-order valence-corrected chi connectivity index (χ4v) is 6.98. The van der Waals surface area contributed by atoms with E-state index in [0.717, 1.165) is 12.8 Å². The molecule has 5 aromatic rings. The van der Waals surface area contributed by atoms with Crippen molar-refractivity contribution in [2.75, 3.05) is 0 Å². The van der Waals surface area contributed by atoms with Crippen molar-refractivity contribution >= 4 is 29.0 Å². The molecule has 1 unspecified atom stereocenters. The first-order chi connectivity index (χ1) is 17.8. The number of fused-ring (bicyclic) bond motifs is 4. The van der Waals surface area contributed by atoms with Crippen molar-refractivity contribution < 1.29 is 0 Å². The maximum atomic E-state index is 2.50. The van der Waals surface area contributed by atoms with Crippen LogP contribution in [0.15, 0.2) is 96.6 Å². The van der Waals surface area contributed by atoms with Crippen molar-refractivity contribution in [3.63, 3.8) is 0 Å². The summed E-state index contributed by atoms with van der Waals surface area (Å²) in [5.74, 6) is 0.327. The Labute approximate surface area is 212 Å². The molecule has 0 fully saturated rings. The van der Waals surface area contributed by atoms with Gasteiger partial charge in [0.05, 0.1) is 0 Å². The lowest BCUT2D eigenvalue weighted by atomic mass is 9.82. The summed E-state index contributed by atoms with van der Waals surface area (Å²) in [5, 5.41) is 2.75. The van der Waals surface area contributed by atoms with E-state index in [1.165, 1.54) is 77.5 Å². The third-order valence-electron chi connectivity index (χ3n) is 8.60. The summed E-state index contributed by atoms with van der Waals surface area (Å²) in [6, 6.07) is 34.2. The predicted octanol–water partition coefficient (Wildman–Crippen LogP) is 9.50. The highest BCUT2D eigenvalue weighted by atomic mass is 14.4. The highest BCUT2D eigenvalue weighted by Gasteiger charge is 2.32. The Morgan fingerprint density at radius 3 is 2.28 bits per heavy atom. The van der Waals surface area contributed by atoms with Gasteiger partial charge in [0, 0.05) is 5.92 Å². The van der Waals surface area contributed by atoms with E-state index in [9.17, 15) is 0 Å². The Kier molecular flexibility index (Phi) is 4.14. The van der Waals surface area contributed by atoms with Crippen molar-refractivity contribution in [1.29, 1.82) is 0 Å².